The monoisotopic (exact) mass is 470 g/mol. The Labute approximate surface area is 194 Å². The molecule has 6 rings (SSSR count). The van der Waals surface area contributed by atoms with E-state index in [2.05, 4.69) is 22.1 Å². The number of thiophene rings is 2. The molecule has 0 aliphatic rings. The molecule has 0 saturated carbocycles. The molecular formula is C24H11ClN4OS2. The van der Waals surface area contributed by atoms with Crippen molar-refractivity contribution >= 4 is 76.3 Å². The Morgan fingerprint density at radius 3 is 2.16 bits per heavy atom. The van der Waals surface area contributed by atoms with E-state index in [0.29, 0.717) is 16.3 Å². The number of rotatable bonds is 0. The van der Waals surface area contributed by atoms with Crippen LogP contribution in [-0.2, 0) is 0 Å². The van der Waals surface area contributed by atoms with E-state index in [-0.39, 0.29) is 5.56 Å². The van der Waals surface area contributed by atoms with Crippen LogP contribution in [0.1, 0.15) is 11.1 Å². The highest BCUT2D eigenvalue weighted by molar-refractivity contribution is 7.18. The van der Waals surface area contributed by atoms with Crippen molar-refractivity contribution in [2.24, 2.45) is 0 Å². The maximum absolute atomic E-state index is 11.7. The molecule has 0 aliphatic heterocycles. The van der Waals surface area contributed by atoms with E-state index in [1.807, 2.05) is 35.0 Å². The Balaban J connectivity index is 0.000000135. The maximum Gasteiger partial charge on any atom is 0.266 e. The van der Waals surface area contributed by atoms with Gasteiger partial charge < -0.3 is 4.98 Å². The SMILES string of the molecule is N#Cc1ccc2c(c1)[nH]c(=O)c1sccc12.N#Cc1ccc2c(c1)nc(Cl)c1sccc12. The molecule has 6 aromatic rings. The molecule has 2 aromatic carbocycles. The van der Waals surface area contributed by atoms with Crippen molar-refractivity contribution in [2.45, 2.75) is 0 Å². The zero-order valence-electron chi connectivity index (χ0n) is 16.2. The molecule has 4 heterocycles. The van der Waals surface area contributed by atoms with Crippen LogP contribution in [0, 0.1) is 22.7 Å². The summed E-state index contributed by atoms with van der Waals surface area (Å²) in [6.07, 6.45) is 0. The molecule has 0 spiro atoms. The summed E-state index contributed by atoms with van der Waals surface area (Å²) < 4.78 is 1.73. The molecule has 0 amide bonds. The Bertz CT molecular complexity index is 1800. The number of halogens is 1. The number of hydrogen-bond acceptors (Lipinski definition) is 6. The first-order valence-corrected chi connectivity index (χ1v) is 11.5. The molecule has 8 heteroatoms. The lowest BCUT2D eigenvalue weighted by Gasteiger charge is -2.01. The largest absolute Gasteiger partial charge is 0.321 e. The number of aromatic amines is 1. The highest BCUT2D eigenvalue weighted by Crippen LogP contribution is 2.33. The maximum atomic E-state index is 11.7. The first-order valence-electron chi connectivity index (χ1n) is 9.39. The lowest BCUT2D eigenvalue weighted by Crippen LogP contribution is -2.04. The summed E-state index contributed by atoms with van der Waals surface area (Å²) in [6.45, 7) is 0. The van der Waals surface area contributed by atoms with Crippen LogP contribution in [0.15, 0.2) is 64.1 Å². The smallest absolute Gasteiger partial charge is 0.266 e. The predicted molar refractivity (Wildman–Crippen MR) is 132 cm³/mol. The van der Waals surface area contributed by atoms with Crippen molar-refractivity contribution in [3.05, 3.63) is 85.9 Å². The Hall–Kier alpha value is -3.75. The lowest BCUT2D eigenvalue weighted by molar-refractivity contribution is 1.35. The number of nitrogens with one attached hydrogen (secondary N) is 1. The van der Waals surface area contributed by atoms with Crippen molar-refractivity contribution in [3.8, 4) is 12.1 Å². The summed E-state index contributed by atoms with van der Waals surface area (Å²) in [6, 6.07) is 18.9. The average molecular weight is 471 g/mol. The minimum absolute atomic E-state index is 0.0902. The van der Waals surface area contributed by atoms with Gasteiger partial charge in [-0.1, -0.05) is 23.7 Å². The van der Waals surface area contributed by atoms with Gasteiger partial charge in [-0.3, -0.25) is 4.79 Å². The van der Waals surface area contributed by atoms with Crippen LogP contribution in [0.25, 0.3) is 42.0 Å². The van der Waals surface area contributed by atoms with Crippen LogP contribution in [0.3, 0.4) is 0 Å². The molecule has 0 unspecified atom stereocenters. The summed E-state index contributed by atoms with van der Waals surface area (Å²) in [7, 11) is 0. The highest BCUT2D eigenvalue weighted by atomic mass is 35.5. The number of aromatic nitrogens is 2. The number of fused-ring (bicyclic) bond motifs is 6. The number of nitriles is 2. The summed E-state index contributed by atoms with van der Waals surface area (Å²) in [4.78, 5) is 18.8. The van der Waals surface area contributed by atoms with Crippen molar-refractivity contribution in [1.82, 2.24) is 9.97 Å². The molecule has 0 bridgehead atoms. The molecule has 4 aromatic heterocycles. The minimum Gasteiger partial charge on any atom is -0.321 e. The normalized spacial score (nSPS) is 10.7. The van der Waals surface area contributed by atoms with Crippen LogP contribution < -0.4 is 5.56 Å². The second kappa shape index (κ2) is 8.07. The molecule has 32 heavy (non-hydrogen) atoms. The molecule has 0 saturated heterocycles. The van der Waals surface area contributed by atoms with Gasteiger partial charge >= 0.3 is 0 Å². The predicted octanol–water partition coefficient (Wildman–Crippen LogP) is 6.59. The number of nitrogens with zero attached hydrogens (tertiary/aromatic N) is 3. The molecule has 5 nitrogen and oxygen atoms in total. The Kier molecular flexibility index (Phi) is 5.08. The van der Waals surface area contributed by atoms with Gasteiger partial charge in [-0.05, 0) is 47.2 Å². The minimum atomic E-state index is -0.0902. The van der Waals surface area contributed by atoms with Gasteiger partial charge in [-0.2, -0.15) is 10.5 Å². The van der Waals surface area contributed by atoms with Gasteiger partial charge in [-0.15, -0.1) is 22.7 Å². The van der Waals surface area contributed by atoms with E-state index < -0.39 is 0 Å². The quantitative estimate of drug-likeness (QED) is 0.253. The molecule has 0 aliphatic carbocycles. The van der Waals surface area contributed by atoms with Gasteiger partial charge in [0.25, 0.3) is 5.56 Å². The molecule has 1 N–H and O–H groups in total. The van der Waals surface area contributed by atoms with Crippen LogP contribution >= 0.6 is 34.3 Å². The molecule has 0 radical (unpaired) electrons. The van der Waals surface area contributed by atoms with Gasteiger partial charge in [0.1, 0.15) is 9.85 Å². The highest BCUT2D eigenvalue weighted by Gasteiger charge is 2.08. The third-order valence-electron chi connectivity index (χ3n) is 5.05. The average Bonchev–Trinajstić information content (AvgIpc) is 3.50. The van der Waals surface area contributed by atoms with Crippen LogP contribution in [0.2, 0.25) is 5.15 Å². The van der Waals surface area contributed by atoms with Gasteiger partial charge in [0, 0.05) is 21.5 Å². The molecule has 0 atom stereocenters. The van der Waals surface area contributed by atoms with E-state index in [9.17, 15) is 4.79 Å². The van der Waals surface area contributed by atoms with Crippen molar-refractivity contribution in [3.63, 3.8) is 0 Å². The van der Waals surface area contributed by atoms with Gasteiger partial charge in [-0.25, -0.2) is 4.98 Å². The van der Waals surface area contributed by atoms with Gasteiger partial charge in [0.2, 0.25) is 0 Å². The second-order valence-electron chi connectivity index (χ2n) is 6.90. The number of benzene rings is 2. The Morgan fingerprint density at radius 2 is 1.44 bits per heavy atom. The van der Waals surface area contributed by atoms with E-state index in [4.69, 9.17) is 22.1 Å². The molecule has 0 fully saturated rings. The molecule has 152 valence electrons. The van der Waals surface area contributed by atoms with E-state index in [0.717, 1.165) is 42.0 Å². The van der Waals surface area contributed by atoms with Gasteiger partial charge in [0.05, 0.1) is 39.0 Å². The fourth-order valence-corrected chi connectivity index (χ4v) is 5.51. The Morgan fingerprint density at radius 1 is 0.812 bits per heavy atom. The van der Waals surface area contributed by atoms with Crippen LogP contribution in [0.4, 0.5) is 0 Å². The molecular weight excluding hydrogens is 460 g/mol. The summed E-state index contributed by atoms with van der Waals surface area (Å²) in [5, 5.41) is 26.1. The fourth-order valence-electron chi connectivity index (χ4n) is 3.59. The van der Waals surface area contributed by atoms with Crippen LogP contribution in [0.5, 0.6) is 0 Å². The van der Waals surface area contributed by atoms with Crippen LogP contribution in [-0.4, -0.2) is 9.97 Å². The number of pyridine rings is 2. The van der Waals surface area contributed by atoms with E-state index in [1.165, 1.54) is 11.3 Å². The van der Waals surface area contributed by atoms with Crippen molar-refractivity contribution < 1.29 is 0 Å². The van der Waals surface area contributed by atoms with Gasteiger partial charge in [0.15, 0.2) is 0 Å². The van der Waals surface area contributed by atoms with E-state index in [1.54, 1.807) is 35.6 Å². The number of H-pyrrole nitrogens is 1. The van der Waals surface area contributed by atoms with E-state index >= 15 is 0 Å². The zero-order valence-corrected chi connectivity index (χ0v) is 18.6. The fraction of sp³-hybridized carbons (Fsp3) is 0. The first kappa shape index (κ1) is 20.2. The van der Waals surface area contributed by atoms with Crippen molar-refractivity contribution in [1.29, 1.82) is 10.5 Å². The number of hydrogen-bond donors (Lipinski definition) is 1. The summed E-state index contributed by atoms with van der Waals surface area (Å²) in [5.74, 6) is 0. The lowest BCUT2D eigenvalue weighted by atomic mass is 10.1. The summed E-state index contributed by atoms with van der Waals surface area (Å²) >= 11 is 9.10. The zero-order chi connectivity index (χ0) is 22.2. The third-order valence-corrected chi connectivity index (χ3v) is 7.27. The van der Waals surface area contributed by atoms with Crippen molar-refractivity contribution in [2.75, 3.05) is 0 Å². The first-order chi connectivity index (χ1) is 15.6. The standard InChI is InChI=1S/C12H5ClN2S.C12H6N2OS/c13-12-11-9(3-4-16-11)8-2-1-7(6-14)5-10(8)15-12;13-6-7-1-2-8-9-3-4-16-11(9)12(15)14-10(8)5-7/h1-5H;1-5H,(H,14,15). The second-order valence-corrected chi connectivity index (χ2v) is 9.09. The summed E-state index contributed by atoms with van der Waals surface area (Å²) in [5.41, 5.74) is 2.56. The third kappa shape index (κ3) is 3.39. The topological polar surface area (TPSA) is 93.3 Å².